The summed E-state index contributed by atoms with van der Waals surface area (Å²) in [4.78, 5) is 25.6. The molecule has 2 aromatic rings. The van der Waals surface area contributed by atoms with Crippen molar-refractivity contribution in [3.63, 3.8) is 0 Å². The summed E-state index contributed by atoms with van der Waals surface area (Å²) in [6, 6.07) is 11.2. The van der Waals surface area contributed by atoms with Crippen LogP contribution >= 0.6 is 0 Å². The number of carbonyl (C=O) groups excluding carboxylic acids is 2. The van der Waals surface area contributed by atoms with Gasteiger partial charge in [-0.3, -0.25) is 0 Å². The zero-order valence-corrected chi connectivity index (χ0v) is 12.0. The van der Waals surface area contributed by atoms with E-state index >= 15 is 0 Å². The van der Waals surface area contributed by atoms with Crippen LogP contribution in [0.4, 0.5) is 0 Å². The Hall–Kier alpha value is -1.37. The third-order valence-electron chi connectivity index (χ3n) is 3.04. The predicted molar refractivity (Wildman–Crippen MR) is 68.9 cm³/mol. The minimum atomic E-state index is -0.173. The molecule has 0 atom stereocenters. The van der Waals surface area contributed by atoms with E-state index in [0.29, 0.717) is 17.7 Å². The Morgan fingerprint density at radius 2 is 1.61 bits per heavy atom. The summed E-state index contributed by atoms with van der Waals surface area (Å²) in [5.74, 6) is -0.300. The molecule has 0 fully saturated rings. The molecule has 4 heteroatoms. The van der Waals surface area contributed by atoms with Crippen molar-refractivity contribution in [3.8, 4) is 0 Å². The molecule has 0 saturated carbocycles. The first-order valence-corrected chi connectivity index (χ1v) is 8.26. The number of amides is 2. The molecule has 3 nitrogen and oxygen atoms in total. The molecular formula is C14H11NO2Te. The van der Waals surface area contributed by atoms with Crippen LogP contribution in [0.2, 0.25) is 0 Å². The van der Waals surface area contributed by atoms with Gasteiger partial charge in [-0.15, -0.1) is 0 Å². The molecule has 0 spiro atoms. The topological polar surface area (TPSA) is 37.4 Å². The van der Waals surface area contributed by atoms with Crippen LogP contribution < -0.4 is 0 Å². The molecule has 1 aromatic carbocycles. The van der Waals surface area contributed by atoms with E-state index < -0.39 is 0 Å². The molecule has 0 aliphatic carbocycles. The Bertz CT molecular complexity index is 569. The molecule has 0 saturated heterocycles. The molecule has 18 heavy (non-hydrogen) atoms. The van der Waals surface area contributed by atoms with Gasteiger partial charge in [0.2, 0.25) is 0 Å². The van der Waals surface area contributed by atoms with E-state index in [1.165, 1.54) is 8.48 Å². The Morgan fingerprint density at radius 1 is 0.944 bits per heavy atom. The number of imide groups is 1. The fourth-order valence-electron chi connectivity index (χ4n) is 2.12. The van der Waals surface area contributed by atoms with Gasteiger partial charge in [-0.05, 0) is 0 Å². The van der Waals surface area contributed by atoms with Crippen LogP contribution in [0, 0.1) is 0 Å². The SMILES string of the molecule is O=C1c2ccccc2C(=O)N1CCc1ccc[te]1. The number of fused-ring (bicyclic) bond motifs is 1. The van der Waals surface area contributed by atoms with E-state index in [1.807, 2.05) is 0 Å². The molecule has 0 radical (unpaired) electrons. The molecule has 90 valence electrons. The van der Waals surface area contributed by atoms with Gasteiger partial charge in [-0.1, -0.05) is 0 Å². The maximum atomic E-state index is 12.1. The van der Waals surface area contributed by atoms with Crippen LogP contribution in [0.25, 0.3) is 0 Å². The number of benzene rings is 1. The molecule has 0 bridgehead atoms. The van der Waals surface area contributed by atoms with Crippen molar-refractivity contribution in [2.45, 2.75) is 6.42 Å². The summed E-state index contributed by atoms with van der Waals surface area (Å²) < 4.78 is 3.61. The van der Waals surface area contributed by atoms with Crippen LogP contribution in [-0.2, 0) is 6.42 Å². The fraction of sp³-hybridized carbons (Fsp3) is 0.143. The maximum absolute atomic E-state index is 12.1. The van der Waals surface area contributed by atoms with Crippen LogP contribution in [-0.4, -0.2) is 43.7 Å². The zero-order chi connectivity index (χ0) is 12.5. The van der Waals surface area contributed by atoms with Crippen molar-refractivity contribution in [1.29, 1.82) is 0 Å². The Morgan fingerprint density at radius 3 is 2.17 bits per heavy atom. The molecule has 2 heterocycles. The Balaban J connectivity index is 1.80. The van der Waals surface area contributed by atoms with Crippen molar-refractivity contribution in [2.75, 3.05) is 6.54 Å². The molecule has 1 aromatic heterocycles. The van der Waals surface area contributed by atoms with E-state index in [2.05, 4.69) is 16.2 Å². The third-order valence-corrected chi connectivity index (χ3v) is 5.71. The van der Waals surface area contributed by atoms with Crippen molar-refractivity contribution in [2.24, 2.45) is 0 Å². The van der Waals surface area contributed by atoms with E-state index in [9.17, 15) is 9.59 Å². The molecule has 1 aliphatic rings. The number of hydrogen-bond acceptors (Lipinski definition) is 2. The third kappa shape index (κ3) is 1.92. The van der Waals surface area contributed by atoms with Gasteiger partial charge in [0.15, 0.2) is 0 Å². The van der Waals surface area contributed by atoms with Gasteiger partial charge in [0, 0.05) is 0 Å². The normalized spacial score (nSPS) is 14.1. The van der Waals surface area contributed by atoms with Gasteiger partial charge in [0.1, 0.15) is 0 Å². The predicted octanol–water partition coefficient (Wildman–Crippen LogP) is 1.58. The van der Waals surface area contributed by atoms with E-state index in [1.54, 1.807) is 24.3 Å². The number of carbonyl (C=O) groups is 2. The van der Waals surface area contributed by atoms with Crippen LogP contribution in [0.1, 0.15) is 24.3 Å². The van der Waals surface area contributed by atoms with Crippen molar-refractivity contribution in [3.05, 3.63) is 55.2 Å². The average molecular weight is 353 g/mol. The van der Waals surface area contributed by atoms with Crippen LogP contribution in [0.15, 0.2) is 40.5 Å². The van der Waals surface area contributed by atoms with Gasteiger partial charge < -0.3 is 0 Å². The van der Waals surface area contributed by atoms with Crippen LogP contribution in [0.3, 0.4) is 0 Å². The van der Waals surface area contributed by atoms with Gasteiger partial charge in [0.05, 0.1) is 0 Å². The van der Waals surface area contributed by atoms with Gasteiger partial charge in [-0.25, -0.2) is 0 Å². The van der Waals surface area contributed by atoms with Crippen molar-refractivity contribution < 1.29 is 9.59 Å². The van der Waals surface area contributed by atoms with E-state index in [4.69, 9.17) is 0 Å². The summed E-state index contributed by atoms with van der Waals surface area (Å²) in [6.07, 6.45) is 0.820. The molecule has 0 unspecified atom stereocenters. The standard InChI is InChI=1S/C14H11NO2Te/c16-13-11-5-1-2-6-12(11)14(17)15(13)8-7-10-4-3-9-18-10/h1-6,9H,7-8H2. The van der Waals surface area contributed by atoms with Crippen molar-refractivity contribution in [1.82, 2.24) is 4.90 Å². The molecule has 0 N–H and O–H groups in total. The quantitative estimate of drug-likeness (QED) is 0.621. The summed E-state index contributed by atoms with van der Waals surface area (Å²) >= 11 is -0.173. The first-order valence-electron chi connectivity index (χ1n) is 5.75. The van der Waals surface area contributed by atoms with Gasteiger partial charge in [0.25, 0.3) is 0 Å². The first-order chi connectivity index (χ1) is 8.77. The molecular weight excluding hydrogens is 342 g/mol. The number of rotatable bonds is 3. The summed E-state index contributed by atoms with van der Waals surface area (Å²) in [7, 11) is 0. The first kappa shape index (κ1) is 11.7. The number of hydrogen-bond donors (Lipinski definition) is 0. The van der Waals surface area contributed by atoms with E-state index in [-0.39, 0.29) is 32.2 Å². The monoisotopic (exact) mass is 355 g/mol. The van der Waals surface area contributed by atoms with Crippen LogP contribution in [0.5, 0.6) is 0 Å². The second-order valence-corrected chi connectivity index (χ2v) is 7.08. The fourth-order valence-corrected chi connectivity index (χ4v) is 4.11. The molecule has 3 rings (SSSR count). The Labute approximate surface area is 115 Å². The summed E-state index contributed by atoms with van der Waals surface area (Å²) in [6.45, 7) is 0.505. The Kier molecular flexibility index (Phi) is 3.07. The van der Waals surface area contributed by atoms with Crippen molar-refractivity contribution >= 4 is 32.2 Å². The van der Waals surface area contributed by atoms with Gasteiger partial charge >= 0.3 is 115 Å². The van der Waals surface area contributed by atoms with Gasteiger partial charge in [-0.2, -0.15) is 0 Å². The number of nitrogens with zero attached hydrogens (tertiary/aromatic N) is 1. The summed E-state index contributed by atoms with van der Waals surface area (Å²) in [5.41, 5.74) is 1.08. The second kappa shape index (κ2) is 4.72. The average Bonchev–Trinajstić information content (AvgIpc) is 2.98. The second-order valence-electron chi connectivity index (χ2n) is 4.14. The zero-order valence-electron chi connectivity index (χ0n) is 9.63. The molecule has 2 amide bonds. The molecule has 1 aliphatic heterocycles. The minimum absolute atomic E-state index is 0.150. The van der Waals surface area contributed by atoms with E-state index in [0.717, 1.165) is 6.42 Å². The summed E-state index contributed by atoms with van der Waals surface area (Å²) in [5, 5.41) is 0.